The zero-order valence-electron chi connectivity index (χ0n) is 87.6. The molecule has 0 saturated heterocycles. The second kappa shape index (κ2) is 60.7. The summed E-state index contributed by atoms with van der Waals surface area (Å²) in [7, 11) is -11.3. The van der Waals surface area contributed by atoms with Crippen LogP contribution in [-0.2, 0) is 0 Å². The fourth-order valence-corrected chi connectivity index (χ4v) is 32.0. The average Bonchev–Trinajstić information content (AvgIpc) is 0.743. The number of benzene rings is 4. The molecule has 0 unspecified atom stereocenters. The topological polar surface area (TPSA) is 126 Å². The lowest BCUT2D eigenvalue weighted by Crippen LogP contribution is -2.32. The highest BCUT2D eigenvalue weighted by Crippen LogP contribution is 2.63. The van der Waals surface area contributed by atoms with E-state index in [0.717, 1.165) is 300 Å². The predicted molar refractivity (Wildman–Crippen MR) is 563 cm³/mol. The van der Waals surface area contributed by atoms with Gasteiger partial charge in [-0.1, -0.05) is 249 Å². The highest BCUT2D eigenvalue weighted by Gasteiger charge is 2.42. The van der Waals surface area contributed by atoms with Gasteiger partial charge in [-0.2, -0.15) is 0 Å². The quantitative estimate of drug-likeness (QED) is 0.0389. The van der Waals surface area contributed by atoms with Crippen LogP contribution in [0.4, 0.5) is 0 Å². The molecule has 0 atom stereocenters. The minimum Gasteiger partial charge on any atom is -0.444 e. The van der Waals surface area contributed by atoms with Crippen molar-refractivity contribution in [3.05, 3.63) is 93.0 Å². The van der Waals surface area contributed by atoms with Crippen molar-refractivity contribution in [1.29, 1.82) is 0 Å². The molecule has 32 heteroatoms. The fourth-order valence-electron chi connectivity index (χ4n) is 16.9. The van der Waals surface area contributed by atoms with Crippen molar-refractivity contribution >= 4 is 67.6 Å². The second-order valence-electron chi connectivity index (χ2n) is 31.6. The monoisotopic (exact) mass is 1940 g/mol. The molecule has 0 heterocycles. The number of fused-ring (bicyclic) bond motifs is 8. The largest absolute Gasteiger partial charge is 0.444 e. The smallest absolute Gasteiger partial charge is 0.248 e. The Morgan fingerprint density at radius 3 is 0.273 bits per heavy atom. The van der Waals surface area contributed by atoms with Gasteiger partial charge in [0.25, 0.3) is 0 Å². The summed E-state index contributed by atoms with van der Waals surface area (Å²) >= 11 is 0. The number of nitrogens with zero attached hydrogens (tertiary/aromatic N) is 16. The first-order valence-corrected chi connectivity index (χ1v) is 59.6. The predicted octanol–water partition coefficient (Wildman–Crippen LogP) is 26.9. The molecule has 1 aliphatic carbocycles. The lowest BCUT2D eigenvalue weighted by molar-refractivity contribution is 0.353. The molecular weight excluding hydrogens is 1750 g/mol. The van der Waals surface area contributed by atoms with Gasteiger partial charge in [0.2, 0.25) is 67.6 Å². The van der Waals surface area contributed by atoms with E-state index in [9.17, 15) is 0 Å². The van der Waals surface area contributed by atoms with Crippen molar-refractivity contribution in [3.63, 3.8) is 0 Å². The third-order valence-electron chi connectivity index (χ3n) is 25.3. The zero-order chi connectivity index (χ0) is 95.3. The second-order valence-corrected chi connectivity index (χ2v) is 46.1. The van der Waals surface area contributed by atoms with Crippen molar-refractivity contribution in [3.8, 4) is 46.0 Å². The average molecular weight is 1940 g/mol. The highest BCUT2D eigenvalue weighted by atomic mass is 31.2. The molecule has 0 N–H and O–H groups in total. The standard InChI is InChI=1S/C96H184N16O8P8/c1-37-97(38-2)121(98(39-3)40-4)113-89-73-90(114-122(99(41-5)42-6)100(43-7)44-8)82-69-81(89)77(33)83-70-84(92(116-124(103(49-13)50-14)104(51-15)52-16)74-91(83)115-123(101(45-9)46-10)102(47-11)48-12)79(35)87-72-88(96(120-128(111(65-29)66-30)112(67-31)68-32)76-95(87)119-127(109(61-25)62-26)110(63-27)64-28)80(36)86-71-85(78(82)34)93(117-125(105(53-17)54-18)106(55-19)56-20)75-94(86)118-126(107(57-21)58-22)108(59-23)60-24/h69-80H,37-68H2,1-36H3. The van der Waals surface area contributed by atoms with Gasteiger partial charge in [-0.3, -0.25) is 0 Å². The molecule has 128 heavy (non-hydrogen) atoms. The Hall–Kier alpha value is -1.92. The normalized spacial score (nSPS) is 15.5. The SMILES string of the molecule is CCN(CC)P(Oc1cc(OP(N(CC)CC)N(CC)CC)c2cc1C(C)c1cc(c(OP(N(CC)CC)N(CC)CC)cc1OP(N(CC)CC)N(CC)CC)C(C)c1cc(c(OP(N(CC)CC)N(CC)CC)cc1OP(N(CC)CC)N(CC)CC)C(C)c1cc(c(OP(N(CC)CC)N(CC)CC)cc1OP(N(CC)CC)N(CC)CC)C2C)N(CC)CC. The van der Waals surface area contributed by atoms with Gasteiger partial charge in [0.1, 0.15) is 46.0 Å². The van der Waals surface area contributed by atoms with Crippen LogP contribution >= 0.6 is 67.6 Å². The lowest BCUT2D eigenvalue weighted by Gasteiger charge is -2.40. The van der Waals surface area contributed by atoms with Crippen LogP contribution in [-0.4, -0.2) is 284 Å². The summed E-state index contributed by atoms with van der Waals surface area (Å²) in [6, 6.07) is 19.5. The molecule has 0 saturated carbocycles. The molecule has 5 rings (SSSR count). The minimum atomic E-state index is -1.41. The molecule has 8 bridgehead atoms. The van der Waals surface area contributed by atoms with Crippen LogP contribution in [0.15, 0.2) is 48.5 Å². The Bertz CT molecular complexity index is 2930. The Kier molecular flexibility index (Phi) is 55.3. The maximum absolute atomic E-state index is 8.26. The van der Waals surface area contributed by atoms with Gasteiger partial charge in [-0.15, -0.1) is 0 Å². The first kappa shape index (κ1) is 117. The summed E-state index contributed by atoms with van der Waals surface area (Å²) in [6.45, 7) is 109. The third kappa shape index (κ3) is 29.1. The molecule has 0 fully saturated rings. The highest BCUT2D eigenvalue weighted by molar-refractivity contribution is 7.50. The van der Waals surface area contributed by atoms with E-state index in [1.165, 1.54) is 0 Å². The lowest BCUT2D eigenvalue weighted by atomic mass is 9.81. The Morgan fingerprint density at radius 1 is 0.141 bits per heavy atom. The number of hydrogen-bond acceptors (Lipinski definition) is 24. The third-order valence-corrected chi connectivity index (χ3v) is 45.0. The van der Waals surface area contributed by atoms with Gasteiger partial charge >= 0.3 is 0 Å². The van der Waals surface area contributed by atoms with Crippen molar-refractivity contribution in [2.75, 3.05) is 209 Å². The number of hydrogen-bond donors (Lipinski definition) is 0. The Balaban J connectivity index is 2.58. The number of rotatable bonds is 64. The first-order chi connectivity index (χ1) is 61.7. The molecule has 0 aromatic heterocycles. The van der Waals surface area contributed by atoms with Crippen LogP contribution < -0.4 is 36.2 Å². The Morgan fingerprint density at radius 2 is 0.211 bits per heavy atom. The zero-order valence-corrected chi connectivity index (χ0v) is 94.7. The molecule has 736 valence electrons. The van der Waals surface area contributed by atoms with Crippen LogP contribution in [0.3, 0.4) is 0 Å². The van der Waals surface area contributed by atoms with Crippen LogP contribution in [0.25, 0.3) is 0 Å². The Labute approximate surface area is 795 Å². The molecule has 0 radical (unpaired) electrons. The van der Waals surface area contributed by atoms with Gasteiger partial charge in [-0.05, 0) is 24.3 Å². The van der Waals surface area contributed by atoms with Gasteiger partial charge in [0, 0.05) is 302 Å². The molecule has 0 spiro atoms. The van der Waals surface area contributed by atoms with Crippen molar-refractivity contribution in [1.82, 2.24) is 74.7 Å². The van der Waals surface area contributed by atoms with E-state index in [0.29, 0.717) is 0 Å². The van der Waals surface area contributed by atoms with Gasteiger partial charge < -0.3 is 36.2 Å². The summed E-state index contributed by atoms with van der Waals surface area (Å²) in [5.41, 5.74) is 8.31. The van der Waals surface area contributed by atoms with Crippen molar-refractivity contribution in [2.45, 2.75) is 273 Å². The van der Waals surface area contributed by atoms with Crippen LogP contribution in [0.5, 0.6) is 46.0 Å². The van der Waals surface area contributed by atoms with E-state index < -0.39 is 91.3 Å². The van der Waals surface area contributed by atoms with Crippen molar-refractivity contribution < 1.29 is 36.2 Å². The molecule has 0 aliphatic heterocycles. The summed E-state index contributed by atoms with van der Waals surface area (Å²) in [4.78, 5) is 0. The minimum absolute atomic E-state index is 0.401. The summed E-state index contributed by atoms with van der Waals surface area (Å²) in [5.74, 6) is 4.73. The van der Waals surface area contributed by atoms with E-state index in [4.69, 9.17) is 36.2 Å². The van der Waals surface area contributed by atoms with Gasteiger partial charge in [0.05, 0.1) is 0 Å². The molecule has 4 aromatic carbocycles. The molecule has 24 nitrogen and oxygen atoms in total. The molecule has 4 aromatic rings. The maximum atomic E-state index is 8.26. The van der Waals surface area contributed by atoms with E-state index in [1.807, 2.05) is 0 Å². The first-order valence-electron chi connectivity index (χ1n) is 50.3. The van der Waals surface area contributed by atoms with Crippen LogP contribution in [0, 0.1) is 0 Å². The summed E-state index contributed by atoms with van der Waals surface area (Å²) in [6.07, 6.45) is 0. The fraction of sp³-hybridized carbons (Fsp3) is 0.750. The summed E-state index contributed by atoms with van der Waals surface area (Å²) < 4.78 is 107. The molecule has 1 aliphatic rings. The van der Waals surface area contributed by atoms with E-state index in [2.05, 4.69) is 373 Å². The van der Waals surface area contributed by atoms with Crippen LogP contribution in [0.1, 0.15) is 317 Å². The van der Waals surface area contributed by atoms with E-state index >= 15 is 0 Å². The summed E-state index contributed by atoms with van der Waals surface area (Å²) in [5, 5.41) is 0. The van der Waals surface area contributed by atoms with Crippen LogP contribution in [0.2, 0.25) is 0 Å². The van der Waals surface area contributed by atoms with E-state index in [-0.39, 0.29) is 0 Å². The van der Waals surface area contributed by atoms with Gasteiger partial charge in [-0.25, -0.2) is 74.7 Å². The molecular formula is C96H184N16O8P8. The maximum Gasteiger partial charge on any atom is 0.248 e. The molecule has 0 amide bonds. The van der Waals surface area contributed by atoms with Gasteiger partial charge in [0.15, 0.2) is 0 Å². The van der Waals surface area contributed by atoms with E-state index in [1.54, 1.807) is 0 Å². The van der Waals surface area contributed by atoms with Crippen molar-refractivity contribution in [2.24, 2.45) is 0 Å².